The number of nitrogens with zero attached hydrogens (tertiary/aromatic N) is 3. The van der Waals surface area contributed by atoms with E-state index in [4.69, 9.17) is 11.6 Å². The molecule has 3 heterocycles. The first kappa shape index (κ1) is 16.3. The molecule has 1 atom stereocenters. The Kier molecular flexibility index (Phi) is 4.81. The molecule has 0 aliphatic carbocycles. The van der Waals surface area contributed by atoms with Crippen molar-refractivity contribution in [2.75, 3.05) is 13.1 Å². The van der Waals surface area contributed by atoms with Crippen LogP contribution in [0, 0.1) is 0 Å². The lowest BCUT2D eigenvalue weighted by Gasteiger charge is -2.17. The zero-order valence-corrected chi connectivity index (χ0v) is 14.8. The van der Waals surface area contributed by atoms with Gasteiger partial charge in [-0.3, -0.25) is 15.0 Å². The van der Waals surface area contributed by atoms with Crippen LogP contribution in [0.15, 0.2) is 55.0 Å². The van der Waals surface area contributed by atoms with E-state index in [0.29, 0.717) is 5.92 Å². The summed E-state index contributed by atoms with van der Waals surface area (Å²) in [6, 6.07) is 12.6. The van der Waals surface area contributed by atoms with Crippen molar-refractivity contribution in [1.82, 2.24) is 20.1 Å². The SMILES string of the molecule is Clc1cnccc1CN1CCC(c2[nH]ncc2Cc2ccccc2)C1. The molecule has 128 valence electrons. The van der Waals surface area contributed by atoms with Crippen molar-refractivity contribution in [3.05, 3.63) is 82.4 Å². The molecule has 4 rings (SSSR count). The van der Waals surface area contributed by atoms with Crippen LogP contribution in [0.5, 0.6) is 0 Å². The summed E-state index contributed by atoms with van der Waals surface area (Å²) < 4.78 is 0. The summed E-state index contributed by atoms with van der Waals surface area (Å²) in [7, 11) is 0. The first-order valence-corrected chi connectivity index (χ1v) is 9.04. The number of aromatic amines is 1. The van der Waals surface area contributed by atoms with E-state index in [1.165, 1.54) is 16.8 Å². The minimum absolute atomic E-state index is 0.502. The van der Waals surface area contributed by atoms with Crippen LogP contribution in [-0.2, 0) is 13.0 Å². The maximum atomic E-state index is 6.25. The lowest BCUT2D eigenvalue weighted by atomic mass is 9.97. The average molecular weight is 353 g/mol. The molecule has 1 unspecified atom stereocenters. The third kappa shape index (κ3) is 3.75. The summed E-state index contributed by atoms with van der Waals surface area (Å²) in [5.74, 6) is 0.502. The third-order valence-electron chi connectivity index (χ3n) is 4.92. The summed E-state index contributed by atoms with van der Waals surface area (Å²) in [5, 5.41) is 8.31. The Morgan fingerprint density at radius 1 is 1.12 bits per heavy atom. The molecule has 2 aromatic heterocycles. The lowest BCUT2D eigenvalue weighted by molar-refractivity contribution is 0.326. The fourth-order valence-electron chi connectivity index (χ4n) is 3.62. The predicted molar refractivity (Wildman–Crippen MR) is 99.7 cm³/mol. The van der Waals surface area contributed by atoms with Gasteiger partial charge in [-0.25, -0.2) is 0 Å². The highest BCUT2D eigenvalue weighted by Crippen LogP contribution is 2.30. The maximum Gasteiger partial charge on any atom is 0.0634 e. The van der Waals surface area contributed by atoms with E-state index in [2.05, 4.69) is 50.4 Å². The van der Waals surface area contributed by atoms with Crippen LogP contribution in [-0.4, -0.2) is 33.2 Å². The van der Waals surface area contributed by atoms with E-state index in [-0.39, 0.29) is 0 Å². The molecule has 3 aromatic rings. The van der Waals surface area contributed by atoms with E-state index in [1.54, 1.807) is 6.20 Å². The Labute approximate surface area is 152 Å². The van der Waals surface area contributed by atoms with Gasteiger partial charge in [-0.2, -0.15) is 5.10 Å². The van der Waals surface area contributed by atoms with Crippen molar-refractivity contribution >= 4 is 11.6 Å². The highest BCUT2D eigenvalue weighted by Gasteiger charge is 2.27. The number of hydrogen-bond donors (Lipinski definition) is 1. The van der Waals surface area contributed by atoms with Gasteiger partial charge in [0.1, 0.15) is 0 Å². The standard InChI is InChI=1S/C20H21ClN4/c21-19-12-22-8-6-16(19)13-25-9-7-17(14-25)20-18(11-23-24-20)10-15-4-2-1-3-5-15/h1-6,8,11-12,17H,7,9-10,13-14H2,(H,23,24). The highest BCUT2D eigenvalue weighted by molar-refractivity contribution is 6.31. The molecular formula is C20H21ClN4. The van der Waals surface area contributed by atoms with E-state index >= 15 is 0 Å². The van der Waals surface area contributed by atoms with Crippen LogP contribution in [0.4, 0.5) is 0 Å². The number of hydrogen-bond acceptors (Lipinski definition) is 3. The zero-order valence-electron chi connectivity index (χ0n) is 14.0. The van der Waals surface area contributed by atoms with Gasteiger partial charge in [-0.1, -0.05) is 41.9 Å². The molecule has 0 spiro atoms. The third-order valence-corrected chi connectivity index (χ3v) is 5.26. The molecule has 0 bridgehead atoms. The number of H-pyrrole nitrogens is 1. The summed E-state index contributed by atoms with van der Waals surface area (Å²) in [4.78, 5) is 6.52. The first-order valence-electron chi connectivity index (χ1n) is 8.66. The molecular weight excluding hydrogens is 332 g/mol. The minimum Gasteiger partial charge on any atom is -0.298 e. The minimum atomic E-state index is 0.502. The van der Waals surface area contributed by atoms with E-state index in [9.17, 15) is 0 Å². The van der Waals surface area contributed by atoms with Crippen LogP contribution < -0.4 is 0 Å². The number of nitrogens with one attached hydrogen (secondary N) is 1. The summed E-state index contributed by atoms with van der Waals surface area (Å²) in [6.07, 6.45) is 7.58. The molecule has 0 radical (unpaired) electrons. The van der Waals surface area contributed by atoms with Crippen LogP contribution in [0.1, 0.15) is 34.7 Å². The molecule has 1 N–H and O–H groups in total. The Hall–Kier alpha value is -2.17. The Morgan fingerprint density at radius 3 is 2.84 bits per heavy atom. The predicted octanol–water partition coefficient (Wildman–Crippen LogP) is 4.04. The van der Waals surface area contributed by atoms with Gasteiger partial charge < -0.3 is 0 Å². The fourth-order valence-corrected chi connectivity index (χ4v) is 3.80. The molecule has 25 heavy (non-hydrogen) atoms. The number of aromatic nitrogens is 3. The topological polar surface area (TPSA) is 44.8 Å². The smallest absolute Gasteiger partial charge is 0.0634 e. The van der Waals surface area contributed by atoms with Crippen molar-refractivity contribution < 1.29 is 0 Å². The van der Waals surface area contributed by atoms with Crippen molar-refractivity contribution in [1.29, 1.82) is 0 Å². The molecule has 0 saturated carbocycles. The number of pyridine rings is 1. The molecule has 5 heteroatoms. The molecule has 4 nitrogen and oxygen atoms in total. The average Bonchev–Trinajstić information content (AvgIpc) is 3.27. The lowest BCUT2D eigenvalue weighted by Crippen LogP contribution is -2.20. The van der Waals surface area contributed by atoms with Gasteiger partial charge in [0.05, 0.1) is 11.2 Å². The number of benzene rings is 1. The molecule has 1 saturated heterocycles. The summed E-state index contributed by atoms with van der Waals surface area (Å²) >= 11 is 6.25. The van der Waals surface area contributed by atoms with Crippen molar-refractivity contribution in [2.45, 2.75) is 25.3 Å². The highest BCUT2D eigenvalue weighted by atomic mass is 35.5. The normalized spacial score (nSPS) is 17.9. The Bertz CT molecular complexity index is 830. The monoisotopic (exact) mass is 352 g/mol. The van der Waals surface area contributed by atoms with Gasteiger partial charge in [0.2, 0.25) is 0 Å². The largest absolute Gasteiger partial charge is 0.298 e. The van der Waals surface area contributed by atoms with Gasteiger partial charge in [-0.15, -0.1) is 0 Å². The molecule has 1 aromatic carbocycles. The first-order chi connectivity index (χ1) is 12.3. The van der Waals surface area contributed by atoms with Crippen LogP contribution >= 0.6 is 11.6 Å². The molecule has 1 fully saturated rings. The van der Waals surface area contributed by atoms with E-state index < -0.39 is 0 Å². The second-order valence-corrected chi connectivity index (χ2v) is 7.07. The quantitative estimate of drug-likeness (QED) is 0.753. The molecule has 1 aliphatic rings. The fraction of sp³-hybridized carbons (Fsp3) is 0.300. The Balaban J connectivity index is 1.44. The van der Waals surface area contributed by atoms with E-state index in [0.717, 1.165) is 43.1 Å². The van der Waals surface area contributed by atoms with Crippen LogP contribution in [0.2, 0.25) is 5.02 Å². The van der Waals surface area contributed by atoms with Gasteiger partial charge >= 0.3 is 0 Å². The van der Waals surface area contributed by atoms with Crippen molar-refractivity contribution in [3.63, 3.8) is 0 Å². The number of halogens is 1. The van der Waals surface area contributed by atoms with Crippen molar-refractivity contribution in [3.8, 4) is 0 Å². The Morgan fingerprint density at radius 2 is 2.00 bits per heavy atom. The van der Waals surface area contributed by atoms with Gasteiger partial charge in [0.25, 0.3) is 0 Å². The van der Waals surface area contributed by atoms with Gasteiger partial charge in [0.15, 0.2) is 0 Å². The van der Waals surface area contributed by atoms with Gasteiger partial charge in [0, 0.05) is 43.5 Å². The second kappa shape index (κ2) is 7.38. The van der Waals surface area contributed by atoms with Crippen LogP contribution in [0.25, 0.3) is 0 Å². The molecule has 0 amide bonds. The molecule has 1 aliphatic heterocycles. The van der Waals surface area contributed by atoms with Crippen LogP contribution in [0.3, 0.4) is 0 Å². The number of likely N-dealkylation sites (tertiary alicyclic amines) is 1. The van der Waals surface area contributed by atoms with Crippen molar-refractivity contribution in [2.24, 2.45) is 0 Å². The second-order valence-electron chi connectivity index (χ2n) is 6.66. The summed E-state index contributed by atoms with van der Waals surface area (Å²) in [6.45, 7) is 2.98. The van der Waals surface area contributed by atoms with E-state index in [1.807, 2.05) is 18.5 Å². The zero-order chi connectivity index (χ0) is 17.1. The maximum absolute atomic E-state index is 6.25. The van der Waals surface area contributed by atoms with Gasteiger partial charge in [-0.05, 0) is 35.7 Å². The number of rotatable bonds is 5. The summed E-state index contributed by atoms with van der Waals surface area (Å²) in [5.41, 5.74) is 5.06.